The van der Waals surface area contributed by atoms with E-state index in [9.17, 15) is 0 Å². The smallest absolute Gasteiger partial charge is 0.105 e. The van der Waals surface area contributed by atoms with Gasteiger partial charge >= 0.3 is 0 Å². The minimum atomic E-state index is 0.671. The maximum absolute atomic E-state index is 5.72. The summed E-state index contributed by atoms with van der Waals surface area (Å²) in [4.78, 5) is 2.40. The van der Waals surface area contributed by atoms with Gasteiger partial charge in [-0.15, -0.1) is 0 Å². The summed E-state index contributed by atoms with van der Waals surface area (Å²) < 4.78 is 5.30. The zero-order valence-corrected chi connectivity index (χ0v) is 9.57. The predicted octanol–water partition coefficient (Wildman–Crippen LogP) is 1.76. The van der Waals surface area contributed by atoms with Crippen molar-refractivity contribution in [1.29, 1.82) is 0 Å². The first-order chi connectivity index (χ1) is 7.22. The van der Waals surface area contributed by atoms with Gasteiger partial charge in [-0.05, 0) is 45.3 Å². The highest BCUT2D eigenvalue weighted by atomic mass is 16.3. The Hall–Kier alpha value is -0.800. The van der Waals surface area contributed by atoms with Gasteiger partial charge in [0.1, 0.15) is 5.76 Å². The van der Waals surface area contributed by atoms with Gasteiger partial charge in [0.15, 0.2) is 0 Å². The zero-order valence-electron chi connectivity index (χ0n) is 9.57. The predicted molar refractivity (Wildman–Crippen MR) is 60.5 cm³/mol. The molecule has 2 atom stereocenters. The number of nitrogens with zero attached hydrogens (tertiary/aromatic N) is 1. The lowest BCUT2D eigenvalue weighted by molar-refractivity contribution is 0.0834. The Labute approximate surface area is 91.2 Å². The van der Waals surface area contributed by atoms with Gasteiger partial charge in [-0.25, -0.2) is 0 Å². The van der Waals surface area contributed by atoms with Crippen molar-refractivity contribution in [2.75, 3.05) is 13.6 Å². The molecule has 1 heterocycles. The Balaban J connectivity index is 1.92. The molecule has 1 saturated carbocycles. The van der Waals surface area contributed by atoms with Gasteiger partial charge in [0.05, 0.1) is 6.26 Å². The maximum Gasteiger partial charge on any atom is 0.105 e. The van der Waals surface area contributed by atoms with Crippen LogP contribution in [0.4, 0.5) is 0 Å². The minimum Gasteiger partial charge on any atom is -0.469 e. The average molecular weight is 208 g/mol. The summed E-state index contributed by atoms with van der Waals surface area (Å²) in [6, 6.07) is 2.73. The first-order valence-electron chi connectivity index (χ1n) is 5.65. The van der Waals surface area contributed by atoms with Gasteiger partial charge in [0.25, 0.3) is 0 Å². The van der Waals surface area contributed by atoms with Crippen LogP contribution in [0.25, 0.3) is 0 Å². The van der Waals surface area contributed by atoms with Gasteiger partial charge in [-0.1, -0.05) is 0 Å². The van der Waals surface area contributed by atoms with Crippen LogP contribution in [0.3, 0.4) is 0 Å². The highest BCUT2D eigenvalue weighted by Crippen LogP contribution is 2.31. The molecule has 0 spiro atoms. The second-order valence-corrected chi connectivity index (χ2v) is 4.56. The molecule has 15 heavy (non-hydrogen) atoms. The van der Waals surface area contributed by atoms with Crippen molar-refractivity contribution in [3.63, 3.8) is 0 Å². The molecule has 0 radical (unpaired) electrons. The topological polar surface area (TPSA) is 42.4 Å². The summed E-state index contributed by atoms with van der Waals surface area (Å²) >= 11 is 0. The summed E-state index contributed by atoms with van der Waals surface area (Å²) in [7, 11) is 2.18. The van der Waals surface area contributed by atoms with Crippen LogP contribution in [-0.4, -0.2) is 24.5 Å². The lowest BCUT2D eigenvalue weighted by Crippen LogP contribution is -2.47. The molecule has 0 amide bonds. The number of nitrogens with two attached hydrogens (primary N) is 1. The Morgan fingerprint density at radius 1 is 1.53 bits per heavy atom. The number of hydrogen-bond donors (Lipinski definition) is 1. The monoisotopic (exact) mass is 208 g/mol. The van der Waals surface area contributed by atoms with E-state index in [0.717, 1.165) is 18.8 Å². The molecule has 3 nitrogen and oxygen atoms in total. The first-order valence-corrected chi connectivity index (χ1v) is 5.65. The third-order valence-electron chi connectivity index (χ3n) is 3.63. The van der Waals surface area contributed by atoms with Gasteiger partial charge in [0.2, 0.25) is 0 Å². The van der Waals surface area contributed by atoms with Crippen LogP contribution in [0, 0.1) is 12.8 Å². The third kappa shape index (κ3) is 2.08. The van der Waals surface area contributed by atoms with Crippen molar-refractivity contribution in [2.45, 2.75) is 32.4 Å². The Morgan fingerprint density at radius 2 is 2.33 bits per heavy atom. The second-order valence-electron chi connectivity index (χ2n) is 4.56. The molecule has 1 aliphatic rings. The number of rotatable bonds is 4. The summed E-state index contributed by atoms with van der Waals surface area (Å²) in [6.07, 6.45) is 4.34. The Kier molecular flexibility index (Phi) is 3.12. The molecule has 1 aliphatic carbocycles. The van der Waals surface area contributed by atoms with Crippen LogP contribution in [0.15, 0.2) is 16.7 Å². The van der Waals surface area contributed by atoms with E-state index < -0.39 is 0 Å². The van der Waals surface area contributed by atoms with Gasteiger partial charge < -0.3 is 10.2 Å². The summed E-state index contributed by atoms with van der Waals surface area (Å²) in [5, 5.41) is 0. The van der Waals surface area contributed by atoms with Crippen molar-refractivity contribution in [2.24, 2.45) is 11.7 Å². The fraction of sp³-hybridized carbons (Fsp3) is 0.667. The number of hydrogen-bond acceptors (Lipinski definition) is 3. The van der Waals surface area contributed by atoms with E-state index in [1.807, 2.05) is 6.92 Å². The van der Waals surface area contributed by atoms with Crippen LogP contribution in [-0.2, 0) is 6.54 Å². The molecule has 1 aromatic heterocycles. The standard InChI is InChI=1S/C12H20N2O/c1-9-11(5-6-15-9)8-14(2)12-4-3-10(12)7-13/h5-6,10,12H,3-4,7-8,13H2,1-2H3. The average Bonchev–Trinajstić information content (AvgIpc) is 2.50. The van der Waals surface area contributed by atoms with Gasteiger partial charge in [0, 0.05) is 18.2 Å². The summed E-state index contributed by atoms with van der Waals surface area (Å²) in [5.41, 5.74) is 7.01. The van der Waals surface area contributed by atoms with E-state index in [2.05, 4.69) is 18.0 Å². The highest BCUT2D eigenvalue weighted by molar-refractivity contribution is 5.15. The Morgan fingerprint density at radius 3 is 2.80 bits per heavy atom. The molecule has 0 saturated heterocycles. The van der Waals surface area contributed by atoms with Gasteiger partial charge in [-0.2, -0.15) is 0 Å². The van der Waals surface area contributed by atoms with Crippen molar-refractivity contribution in [1.82, 2.24) is 4.90 Å². The van der Waals surface area contributed by atoms with Crippen LogP contribution < -0.4 is 5.73 Å². The van der Waals surface area contributed by atoms with Crippen molar-refractivity contribution in [3.8, 4) is 0 Å². The molecule has 84 valence electrons. The lowest BCUT2D eigenvalue weighted by Gasteiger charge is -2.42. The second kappa shape index (κ2) is 4.37. The lowest BCUT2D eigenvalue weighted by atomic mass is 9.78. The molecule has 2 unspecified atom stereocenters. The maximum atomic E-state index is 5.72. The number of aryl methyl sites for hydroxylation is 1. The van der Waals surface area contributed by atoms with Gasteiger partial charge in [-0.3, -0.25) is 4.90 Å². The normalized spacial score (nSPS) is 25.6. The third-order valence-corrected chi connectivity index (χ3v) is 3.63. The zero-order chi connectivity index (χ0) is 10.8. The molecular formula is C12H20N2O. The van der Waals surface area contributed by atoms with Crippen LogP contribution in [0.1, 0.15) is 24.2 Å². The van der Waals surface area contributed by atoms with E-state index in [-0.39, 0.29) is 0 Å². The van der Waals surface area contributed by atoms with Crippen LogP contribution in [0.2, 0.25) is 0 Å². The highest BCUT2D eigenvalue weighted by Gasteiger charge is 2.32. The van der Waals surface area contributed by atoms with E-state index in [0.29, 0.717) is 12.0 Å². The molecule has 3 heteroatoms. The van der Waals surface area contributed by atoms with E-state index in [1.54, 1.807) is 6.26 Å². The molecule has 0 aliphatic heterocycles. The molecule has 1 aromatic rings. The largest absolute Gasteiger partial charge is 0.469 e. The SMILES string of the molecule is Cc1occc1CN(C)C1CCC1CN. The van der Waals surface area contributed by atoms with Crippen LogP contribution in [0.5, 0.6) is 0 Å². The summed E-state index contributed by atoms with van der Waals surface area (Å²) in [6.45, 7) is 3.81. The van der Waals surface area contributed by atoms with Crippen molar-refractivity contribution >= 4 is 0 Å². The number of furan rings is 1. The van der Waals surface area contributed by atoms with Crippen molar-refractivity contribution < 1.29 is 4.42 Å². The fourth-order valence-electron chi connectivity index (χ4n) is 2.37. The molecule has 1 fully saturated rings. The van der Waals surface area contributed by atoms with E-state index >= 15 is 0 Å². The molecule has 0 bridgehead atoms. The quantitative estimate of drug-likeness (QED) is 0.819. The molecule has 0 aromatic carbocycles. The molecular weight excluding hydrogens is 188 g/mol. The molecule has 2 N–H and O–H groups in total. The first kappa shape index (κ1) is 10.7. The van der Waals surface area contributed by atoms with E-state index in [1.165, 1.54) is 18.4 Å². The summed E-state index contributed by atoms with van der Waals surface area (Å²) in [5.74, 6) is 1.73. The molecule has 2 rings (SSSR count). The van der Waals surface area contributed by atoms with Crippen LogP contribution >= 0.6 is 0 Å². The fourth-order valence-corrected chi connectivity index (χ4v) is 2.37. The van der Waals surface area contributed by atoms with Crippen molar-refractivity contribution in [3.05, 3.63) is 23.7 Å². The minimum absolute atomic E-state index is 0.671. The van der Waals surface area contributed by atoms with E-state index in [4.69, 9.17) is 10.2 Å². The Bertz CT molecular complexity index is 319.